The lowest BCUT2D eigenvalue weighted by atomic mass is 10.1. The molecule has 0 aliphatic carbocycles. The highest BCUT2D eigenvalue weighted by molar-refractivity contribution is 7.91. The topological polar surface area (TPSA) is 93.1 Å². The quantitative estimate of drug-likeness (QED) is 0.630. The molecular formula is C20H33N5O3S. The number of nitrogens with one attached hydrogen (secondary N) is 1. The molecule has 0 bridgehead atoms. The zero-order chi connectivity index (χ0) is 21.0. The number of aryl methyl sites for hydroxylation is 2. The van der Waals surface area contributed by atoms with E-state index >= 15 is 0 Å². The average molecular weight is 424 g/mol. The number of imidazole rings is 1. The van der Waals surface area contributed by atoms with E-state index in [9.17, 15) is 8.42 Å². The van der Waals surface area contributed by atoms with Gasteiger partial charge in [0.2, 0.25) is 15.0 Å². The monoisotopic (exact) mass is 423 g/mol. The van der Waals surface area contributed by atoms with Gasteiger partial charge in [0.1, 0.15) is 0 Å². The summed E-state index contributed by atoms with van der Waals surface area (Å²) in [7, 11) is -1.34. The van der Waals surface area contributed by atoms with E-state index in [2.05, 4.69) is 20.1 Å². The van der Waals surface area contributed by atoms with Crippen molar-refractivity contribution in [1.82, 2.24) is 24.6 Å². The van der Waals surface area contributed by atoms with Gasteiger partial charge in [0.25, 0.3) is 0 Å². The highest BCUT2D eigenvalue weighted by atomic mass is 32.2. The van der Waals surface area contributed by atoms with Crippen LogP contribution in [0.1, 0.15) is 48.8 Å². The zero-order valence-corrected chi connectivity index (χ0v) is 18.8. The van der Waals surface area contributed by atoms with Gasteiger partial charge in [0, 0.05) is 25.4 Å². The predicted molar refractivity (Wildman–Crippen MR) is 112 cm³/mol. The Balaban J connectivity index is 1.75. The molecule has 3 rings (SSSR count). The van der Waals surface area contributed by atoms with Gasteiger partial charge in [-0.3, -0.25) is 5.10 Å². The van der Waals surface area contributed by atoms with Crippen LogP contribution < -0.4 is 0 Å². The minimum atomic E-state index is -3.39. The van der Waals surface area contributed by atoms with Gasteiger partial charge in [-0.1, -0.05) is 6.92 Å². The van der Waals surface area contributed by atoms with Crippen LogP contribution in [0.5, 0.6) is 0 Å². The van der Waals surface area contributed by atoms with Crippen molar-refractivity contribution >= 4 is 9.84 Å². The molecular weight excluding hydrogens is 390 g/mol. The Morgan fingerprint density at radius 1 is 1.38 bits per heavy atom. The Labute approximate surface area is 173 Å². The number of sulfone groups is 1. The van der Waals surface area contributed by atoms with Gasteiger partial charge in [-0.05, 0) is 52.1 Å². The highest BCUT2D eigenvalue weighted by Gasteiger charge is 2.26. The molecule has 8 nitrogen and oxygen atoms in total. The third-order valence-electron chi connectivity index (χ3n) is 5.52. The number of hydrogen-bond acceptors (Lipinski definition) is 6. The molecule has 1 N–H and O–H groups in total. The number of aromatic amines is 1. The normalized spacial score (nSPS) is 17.5. The van der Waals surface area contributed by atoms with Crippen molar-refractivity contribution in [1.29, 1.82) is 0 Å². The molecule has 1 atom stereocenters. The molecule has 1 saturated heterocycles. The van der Waals surface area contributed by atoms with Crippen LogP contribution in [-0.2, 0) is 34.1 Å². The molecule has 0 amide bonds. The Bertz CT molecular complexity index is 893. The first kappa shape index (κ1) is 22.0. The second kappa shape index (κ2) is 9.40. The minimum absolute atomic E-state index is 0.0556. The van der Waals surface area contributed by atoms with Crippen molar-refractivity contribution in [2.75, 3.05) is 26.0 Å². The van der Waals surface area contributed by atoms with Crippen molar-refractivity contribution in [2.24, 2.45) is 0 Å². The first-order valence-corrected chi connectivity index (χ1v) is 12.0. The van der Waals surface area contributed by atoms with Crippen LogP contribution >= 0.6 is 0 Å². The summed E-state index contributed by atoms with van der Waals surface area (Å²) in [6, 6.07) is 0. The zero-order valence-electron chi connectivity index (χ0n) is 17.9. The predicted octanol–water partition coefficient (Wildman–Crippen LogP) is 2.26. The van der Waals surface area contributed by atoms with Crippen molar-refractivity contribution in [3.05, 3.63) is 28.8 Å². The van der Waals surface area contributed by atoms with Crippen LogP contribution in [0, 0.1) is 13.8 Å². The van der Waals surface area contributed by atoms with Crippen molar-refractivity contribution in [3.63, 3.8) is 0 Å². The summed E-state index contributed by atoms with van der Waals surface area (Å²) in [5.41, 5.74) is 4.30. The Hall–Kier alpha value is -1.71. The van der Waals surface area contributed by atoms with E-state index in [1.807, 2.05) is 32.4 Å². The first-order chi connectivity index (χ1) is 13.8. The van der Waals surface area contributed by atoms with Crippen LogP contribution in [0.3, 0.4) is 0 Å². The van der Waals surface area contributed by atoms with Gasteiger partial charge in [0.05, 0.1) is 36.0 Å². The number of hydrogen-bond donors (Lipinski definition) is 1. The molecule has 2 aromatic rings. The number of likely N-dealkylation sites (N-methyl/N-ethyl adjacent to an activating group) is 1. The summed E-state index contributed by atoms with van der Waals surface area (Å²) >= 11 is 0. The molecule has 9 heteroatoms. The van der Waals surface area contributed by atoms with Gasteiger partial charge in [-0.2, -0.15) is 5.10 Å². The second-order valence-electron chi connectivity index (χ2n) is 8.00. The third-order valence-corrected chi connectivity index (χ3v) is 7.35. The molecule has 0 spiro atoms. The Kier molecular flexibility index (Phi) is 7.13. The lowest BCUT2D eigenvalue weighted by molar-refractivity contribution is 0.0934. The second-order valence-corrected chi connectivity index (χ2v) is 10.00. The maximum absolute atomic E-state index is 12.7. The maximum Gasteiger partial charge on any atom is 0.227 e. The standard InChI is InChI=1S/C20H33N5O3S/c1-5-11-29(26,27)20-21-12-17(25(20)14-18-7-6-10-28-18)13-24(4)9-8-19-15(2)22-23-16(19)3/h12,18H,5-11,13-14H2,1-4H3,(H,22,23). The fraction of sp³-hybridized carbons (Fsp3) is 0.700. The van der Waals surface area contributed by atoms with Crippen molar-refractivity contribution < 1.29 is 13.2 Å². The average Bonchev–Trinajstić information content (AvgIpc) is 3.37. The van der Waals surface area contributed by atoms with Gasteiger partial charge >= 0.3 is 0 Å². The summed E-state index contributed by atoms with van der Waals surface area (Å²) in [6.45, 7) is 8.70. The van der Waals surface area contributed by atoms with Crippen LogP contribution in [0.4, 0.5) is 0 Å². The van der Waals surface area contributed by atoms with Crippen molar-refractivity contribution in [2.45, 2.75) is 70.8 Å². The molecule has 3 heterocycles. The maximum atomic E-state index is 12.7. The molecule has 0 radical (unpaired) electrons. The lowest BCUT2D eigenvalue weighted by Crippen LogP contribution is -2.26. The fourth-order valence-corrected chi connectivity index (χ4v) is 5.38. The lowest BCUT2D eigenvalue weighted by Gasteiger charge is -2.20. The molecule has 1 aliphatic rings. The Morgan fingerprint density at radius 2 is 2.17 bits per heavy atom. The summed E-state index contributed by atoms with van der Waals surface area (Å²) in [4.78, 5) is 6.52. The minimum Gasteiger partial charge on any atom is -0.376 e. The third kappa shape index (κ3) is 5.26. The molecule has 0 saturated carbocycles. The summed E-state index contributed by atoms with van der Waals surface area (Å²) < 4.78 is 33.1. The SMILES string of the molecule is CCCS(=O)(=O)c1ncc(CN(C)CCc2c(C)n[nH]c2C)n1CC1CCCO1. The van der Waals surface area contributed by atoms with E-state index < -0.39 is 9.84 Å². The molecule has 1 aliphatic heterocycles. The number of aromatic nitrogens is 4. The van der Waals surface area contributed by atoms with E-state index in [1.54, 1.807) is 6.20 Å². The molecule has 29 heavy (non-hydrogen) atoms. The van der Waals surface area contributed by atoms with Crippen molar-refractivity contribution in [3.8, 4) is 0 Å². The van der Waals surface area contributed by atoms with E-state index in [0.29, 0.717) is 19.5 Å². The highest BCUT2D eigenvalue weighted by Crippen LogP contribution is 2.21. The molecule has 0 aromatic carbocycles. The van der Waals surface area contributed by atoms with E-state index in [-0.39, 0.29) is 17.0 Å². The van der Waals surface area contributed by atoms with Crippen LogP contribution in [-0.4, -0.2) is 65.1 Å². The number of rotatable bonds is 10. The van der Waals surface area contributed by atoms with Crippen LogP contribution in [0.2, 0.25) is 0 Å². The summed E-state index contributed by atoms with van der Waals surface area (Å²) in [5, 5.41) is 7.47. The number of nitrogens with zero attached hydrogens (tertiary/aromatic N) is 4. The van der Waals surface area contributed by atoms with E-state index in [1.165, 1.54) is 5.56 Å². The fourth-order valence-electron chi connectivity index (χ4n) is 3.91. The smallest absolute Gasteiger partial charge is 0.227 e. The van der Waals surface area contributed by atoms with E-state index in [4.69, 9.17) is 4.74 Å². The van der Waals surface area contributed by atoms with E-state index in [0.717, 1.165) is 49.5 Å². The van der Waals surface area contributed by atoms with Crippen LogP contribution in [0.25, 0.3) is 0 Å². The van der Waals surface area contributed by atoms with Gasteiger partial charge in [-0.25, -0.2) is 13.4 Å². The van der Waals surface area contributed by atoms with Gasteiger partial charge in [-0.15, -0.1) is 0 Å². The number of ether oxygens (including phenoxy) is 1. The molecule has 1 fully saturated rings. The summed E-state index contributed by atoms with van der Waals surface area (Å²) in [6.07, 6.45) is 5.22. The van der Waals surface area contributed by atoms with Gasteiger partial charge in [0.15, 0.2) is 0 Å². The van der Waals surface area contributed by atoms with Gasteiger partial charge < -0.3 is 14.2 Å². The molecule has 1 unspecified atom stereocenters. The van der Waals surface area contributed by atoms with Crippen LogP contribution in [0.15, 0.2) is 11.4 Å². The largest absolute Gasteiger partial charge is 0.376 e. The first-order valence-electron chi connectivity index (χ1n) is 10.4. The molecule has 162 valence electrons. The molecule has 2 aromatic heterocycles. The summed E-state index contributed by atoms with van der Waals surface area (Å²) in [5.74, 6) is 0.115. The Morgan fingerprint density at radius 3 is 2.79 bits per heavy atom. The number of H-pyrrole nitrogens is 1.